The lowest BCUT2D eigenvalue weighted by Gasteiger charge is -2.36. The van der Waals surface area contributed by atoms with Crippen LogP contribution in [-0.4, -0.2) is 69.1 Å². The Kier molecular flexibility index (Phi) is 9.10. The molecular formula is C34H34ClN3O4. The van der Waals surface area contributed by atoms with Crippen molar-refractivity contribution in [2.24, 2.45) is 0 Å². The van der Waals surface area contributed by atoms with Crippen LogP contribution < -0.4 is 9.64 Å². The molecule has 0 spiro atoms. The maximum absolute atomic E-state index is 12.8. The third-order valence-corrected chi connectivity index (χ3v) is 7.67. The highest BCUT2D eigenvalue weighted by molar-refractivity contribution is 6.30. The van der Waals surface area contributed by atoms with E-state index in [4.69, 9.17) is 21.1 Å². The SMILES string of the molecule is COC(=O)c1ccc(N2CCN(Cc3ccccc3-c3ccc(Cl)cc3)CC2)cc1Oc1ccccc1C(=O)N(C)C. The summed E-state index contributed by atoms with van der Waals surface area (Å²) in [5.41, 5.74) is 5.29. The first kappa shape index (κ1) is 29.2. The fraction of sp³-hybridized carbons (Fsp3) is 0.235. The van der Waals surface area contributed by atoms with Gasteiger partial charge in [-0.05, 0) is 53.1 Å². The molecule has 1 saturated heterocycles. The van der Waals surface area contributed by atoms with Crippen molar-refractivity contribution in [3.05, 3.63) is 113 Å². The number of esters is 1. The Balaban J connectivity index is 1.33. The number of para-hydroxylation sites is 1. The van der Waals surface area contributed by atoms with Crippen LogP contribution in [0.1, 0.15) is 26.3 Å². The number of hydrogen-bond acceptors (Lipinski definition) is 6. The Morgan fingerprint density at radius 1 is 0.810 bits per heavy atom. The van der Waals surface area contributed by atoms with Crippen LogP contribution in [0, 0.1) is 0 Å². The first-order valence-electron chi connectivity index (χ1n) is 13.9. The molecule has 1 aliphatic heterocycles. The third kappa shape index (κ3) is 6.59. The molecule has 0 aromatic heterocycles. The Hall–Kier alpha value is -4.33. The summed E-state index contributed by atoms with van der Waals surface area (Å²) >= 11 is 6.11. The molecule has 0 N–H and O–H groups in total. The molecular weight excluding hydrogens is 550 g/mol. The minimum atomic E-state index is -0.503. The fourth-order valence-electron chi connectivity index (χ4n) is 5.14. The highest BCUT2D eigenvalue weighted by Crippen LogP contribution is 2.33. The van der Waals surface area contributed by atoms with Crippen LogP contribution in [-0.2, 0) is 11.3 Å². The first-order chi connectivity index (χ1) is 20.3. The van der Waals surface area contributed by atoms with Crippen molar-refractivity contribution in [1.29, 1.82) is 0 Å². The number of methoxy groups -OCH3 is 1. The number of carbonyl (C=O) groups excluding carboxylic acids is 2. The van der Waals surface area contributed by atoms with Gasteiger partial charge >= 0.3 is 5.97 Å². The van der Waals surface area contributed by atoms with Crippen molar-refractivity contribution in [2.45, 2.75) is 6.54 Å². The van der Waals surface area contributed by atoms with E-state index in [1.165, 1.54) is 23.1 Å². The second-order valence-corrected chi connectivity index (χ2v) is 10.8. The van der Waals surface area contributed by atoms with Crippen molar-refractivity contribution in [3.8, 4) is 22.6 Å². The molecule has 7 nitrogen and oxygen atoms in total. The van der Waals surface area contributed by atoms with Crippen LogP contribution in [0.15, 0.2) is 91.0 Å². The van der Waals surface area contributed by atoms with Crippen molar-refractivity contribution in [3.63, 3.8) is 0 Å². The summed E-state index contributed by atoms with van der Waals surface area (Å²) in [5, 5.41) is 0.729. The zero-order valence-corrected chi connectivity index (χ0v) is 24.8. The summed E-state index contributed by atoms with van der Waals surface area (Å²) in [5.74, 6) is 0.0348. The van der Waals surface area contributed by atoms with Crippen molar-refractivity contribution in [2.75, 3.05) is 52.3 Å². The van der Waals surface area contributed by atoms with Crippen molar-refractivity contribution >= 4 is 29.2 Å². The predicted molar refractivity (Wildman–Crippen MR) is 167 cm³/mol. The van der Waals surface area contributed by atoms with Crippen LogP contribution in [0.5, 0.6) is 11.5 Å². The molecule has 1 fully saturated rings. The monoisotopic (exact) mass is 583 g/mol. The number of amides is 1. The quantitative estimate of drug-likeness (QED) is 0.218. The number of halogens is 1. The molecule has 216 valence electrons. The molecule has 0 atom stereocenters. The van der Waals surface area contributed by atoms with E-state index in [-0.39, 0.29) is 5.91 Å². The zero-order valence-electron chi connectivity index (χ0n) is 24.0. The molecule has 1 aliphatic rings. The number of piperazine rings is 1. The smallest absolute Gasteiger partial charge is 0.341 e. The highest BCUT2D eigenvalue weighted by Gasteiger charge is 2.23. The summed E-state index contributed by atoms with van der Waals surface area (Å²) in [6.45, 7) is 4.23. The third-order valence-electron chi connectivity index (χ3n) is 7.42. The lowest BCUT2D eigenvalue weighted by atomic mass is 9.99. The maximum atomic E-state index is 12.8. The van der Waals surface area contributed by atoms with Crippen molar-refractivity contribution in [1.82, 2.24) is 9.80 Å². The number of rotatable bonds is 8. The molecule has 4 aromatic rings. The summed E-state index contributed by atoms with van der Waals surface area (Å²) in [6.07, 6.45) is 0. The van der Waals surface area contributed by atoms with E-state index in [0.29, 0.717) is 22.6 Å². The van der Waals surface area contributed by atoms with Gasteiger partial charge in [0.15, 0.2) is 0 Å². The van der Waals surface area contributed by atoms with Gasteiger partial charge in [-0.15, -0.1) is 0 Å². The van der Waals surface area contributed by atoms with E-state index in [2.05, 4.69) is 46.2 Å². The molecule has 1 amide bonds. The van der Waals surface area contributed by atoms with E-state index in [1.54, 1.807) is 44.4 Å². The van der Waals surface area contributed by atoms with Gasteiger partial charge in [-0.3, -0.25) is 9.69 Å². The fourth-order valence-corrected chi connectivity index (χ4v) is 5.26. The first-order valence-corrected chi connectivity index (χ1v) is 14.2. The van der Waals surface area contributed by atoms with Crippen LogP contribution in [0.25, 0.3) is 11.1 Å². The van der Waals surface area contributed by atoms with Gasteiger partial charge in [0.2, 0.25) is 0 Å². The molecule has 0 saturated carbocycles. The van der Waals surface area contributed by atoms with Gasteiger partial charge in [-0.1, -0.05) is 60.1 Å². The summed E-state index contributed by atoms with van der Waals surface area (Å²) in [4.78, 5) is 31.6. The van der Waals surface area contributed by atoms with Gasteiger partial charge in [-0.2, -0.15) is 0 Å². The van der Waals surface area contributed by atoms with Gasteiger partial charge in [0.05, 0.1) is 12.7 Å². The molecule has 0 bridgehead atoms. The predicted octanol–water partition coefficient (Wildman–Crippen LogP) is 6.61. The Morgan fingerprint density at radius 3 is 2.21 bits per heavy atom. The minimum absolute atomic E-state index is 0.185. The molecule has 0 radical (unpaired) electrons. The lowest BCUT2D eigenvalue weighted by Crippen LogP contribution is -2.46. The van der Waals surface area contributed by atoms with Crippen molar-refractivity contribution < 1.29 is 19.1 Å². The Labute approximate surface area is 251 Å². The summed E-state index contributed by atoms with van der Waals surface area (Å²) in [7, 11) is 4.72. The molecule has 1 heterocycles. The van der Waals surface area contributed by atoms with E-state index in [9.17, 15) is 9.59 Å². The highest BCUT2D eigenvalue weighted by atomic mass is 35.5. The summed E-state index contributed by atoms with van der Waals surface area (Å²) < 4.78 is 11.2. The van der Waals surface area contributed by atoms with Gasteiger partial charge in [0.1, 0.15) is 17.1 Å². The second-order valence-electron chi connectivity index (χ2n) is 10.4. The van der Waals surface area contributed by atoms with Gasteiger partial charge < -0.3 is 19.3 Å². The maximum Gasteiger partial charge on any atom is 0.341 e. The number of carbonyl (C=O) groups is 2. The lowest BCUT2D eigenvalue weighted by molar-refractivity contribution is 0.0598. The molecule has 42 heavy (non-hydrogen) atoms. The number of anilines is 1. The normalized spacial score (nSPS) is 13.5. The molecule has 0 aliphatic carbocycles. The zero-order chi connectivity index (χ0) is 29.6. The minimum Gasteiger partial charge on any atom is -0.465 e. The Bertz CT molecular complexity index is 1560. The number of ether oxygens (including phenoxy) is 2. The van der Waals surface area contributed by atoms with Crippen LogP contribution in [0.2, 0.25) is 5.02 Å². The molecule has 5 rings (SSSR count). The largest absolute Gasteiger partial charge is 0.465 e. The molecule has 0 unspecified atom stereocenters. The number of nitrogens with zero attached hydrogens (tertiary/aromatic N) is 3. The number of hydrogen-bond donors (Lipinski definition) is 0. The molecule has 8 heteroatoms. The topological polar surface area (TPSA) is 62.3 Å². The standard InChI is InChI=1S/C34H34ClN3O4/c1-36(2)33(39)29-10-6-7-11-31(29)42-32-22-27(16-17-30(32)34(40)41-3)38-20-18-37(19-21-38)23-25-8-4-5-9-28(25)24-12-14-26(35)15-13-24/h4-17,22H,18-21,23H2,1-3H3. The van der Waals surface area contributed by atoms with Gasteiger partial charge in [0, 0.05) is 63.6 Å². The van der Waals surface area contributed by atoms with Crippen LogP contribution >= 0.6 is 11.6 Å². The van der Waals surface area contributed by atoms with Gasteiger partial charge in [0.25, 0.3) is 5.91 Å². The van der Waals surface area contributed by atoms with E-state index in [0.717, 1.165) is 49.0 Å². The average Bonchev–Trinajstić information content (AvgIpc) is 3.01. The van der Waals surface area contributed by atoms with E-state index < -0.39 is 5.97 Å². The van der Waals surface area contributed by atoms with Crippen LogP contribution in [0.3, 0.4) is 0 Å². The second kappa shape index (κ2) is 13.1. The Morgan fingerprint density at radius 2 is 1.50 bits per heavy atom. The van der Waals surface area contributed by atoms with E-state index in [1.807, 2.05) is 24.3 Å². The van der Waals surface area contributed by atoms with E-state index >= 15 is 0 Å². The summed E-state index contributed by atoms with van der Waals surface area (Å²) in [6, 6.07) is 29.0. The van der Waals surface area contributed by atoms with Gasteiger partial charge in [-0.25, -0.2) is 4.79 Å². The molecule has 4 aromatic carbocycles. The van der Waals surface area contributed by atoms with Crippen LogP contribution in [0.4, 0.5) is 5.69 Å². The average molecular weight is 584 g/mol. The number of benzene rings is 4.